The molecular formula is C17H23N3O6. The minimum atomic E-state index is -1.23. The number of rotatable bonds is 10. The van der Waals surface area contributed by atoms with Gasteiger partial charge in [0.1, 0.15) is 12.6 Å². The number of carboxylic acid groups (broad SMARTS) is 2. The number of benzene rings is 1. The third-order valence-electron chi connectivity index (χ3n) is 3.52. The minimum Gasteiger partial charge on any atom is -0.480 e. The molecule has 0 aliphatic carbocycles. The van der Waals surface area contributed by atoms with Crippen molar-refractivity contribution in [3.05, 3.63) is 35.4 Å². The minimum absolute atomic E-state index is 0.163. The van der Waals surface area contributed by atoms with Gasteiger partial charge in [-0.3, -0.25) is 9.59 Å². The second-order valence-electron chi connectivity index (χ2n) is 5.73. The van der Waals surface area contributed by atoms with Crippen molar-refractivity contribution in [3.63, 3.8) is 0 Å². The summed E-state index contributed by atoms with van der Waals surface area (Å²) in [5.74, 6) is -2.64. The van der Waals surface area contributed by atoms with Crippen LogP contribution in [-0.4, -0.2) is 53.2 Å². The quantitative estimate of drug-likeness (QED) is 0.387. The Labute approximate surface area is 150 Å². The molecular weight excluding hydrogens is 342 g/mol. The van der Waals surface area contributed by atoms with E-state index in [0.29, 0.717) is 24.9 Å². The smallest absolute Gasteiger partial charge is 0.326 e. The summed E-state index contributed by atoms with van der Waals surface area (Å²) in [6.07, 6.45) is 1.17. The van der Waals surface area contributed by atoms with Gasteiger partial charge in [-0.15, -0.1) is 0 Å². The summed E-state index contributed by atoms with van der Waals surface area (Å²) in [5, 5.41) is 24.5. The van der Waals surface area contributed by atoms with Crippen molar-refractivity contribution in [1.29, 1.82) is 0 Å². The van der Waals surface area contributed by atoms with E-state index in [1.807, 2.05) is 24.4 Å². The molecule has 9 nitrogen and oxygen atoms in total. The van der Waals surface area contributed by atoms with E-state index in [2.05, 4.69) is 10.6 Å². The van der Waals surface area contributed by atoms with E-state index in [-0.39, 0.29) is 12.3 Å². The number of urea groups is 1. The van der Waals surface area contributed by atoms with Gasteiger partial charge in [0.05, 0.1) is 0 Å². The van der Waals surface area contributed by atoms with Crippen LogP contribution >= 0.6 is 0 Å². The highest BCUT2D eigenvalue weighted by Gasteiger charge is 2.19. The van der Waals surface area contributed by atoms with Crippen molar-refractivity contribution in [2.75, 3.05) is 13.1 Å². The Morgan fingerprint density at radius 3 is 2.23 bits per heavy atom. The summed E-state index contributed by atoms with van der Waals surface area (Å²) < 4.78 is 0. The Morgan fingerprint density at radius 1 is 1.00 bits per heavy atom. The Morgan fingerprint density at radius 2 is 1.65 bits per heavy atom. The van der Waals surface area contributed by atoms with Crippen molar-refractivity contribution in [2.24, 2.45) is 0 Å². The first-order chi connectivity index (χ1) is 12.3. The predicted molar refractivity (Wildman–Crippen MR) is 93.0 cm³/mol. The molecule has 0 bridgehead atoms. The molecule has 1 atom stereocenters. The highest BCUT2D eigenvalue weighted by atomic mass is 16.4. The molecule has 0 aromatic heterocycles. The van der Waals surface area contributed by atoms with Crippen LogP contribution in [0.3, 0.4) is 0 Å². The van der Waals surface area contributed by atoms with Gasteiger partial charge in [0.2, 0.25) is 0 Å². The number of carbonyl (C=O) groups excluding carboxylic acids is 2. The van der Waals surface area contributed by atoms with Gasteiger partial charge in [-0.05, 0) is 38.3 Å². The molecule has 0 radical (unpaired) electrons. The standard InChI is InChI=1S/C17H23N3O6/c1-11-5-7-12(8-6-11)15(23)18-9-3-2-4-13(16(24)25)20-17(26)19-10-14(21)22/h5-8,13H,2-4,9-10H2,1H3,(H,18,23)(H,21,22)(H,24,25)(H2,19,20,26). The molecule has 1 rings (SSSR count). The average molecular weight is 365 g/mol. The number of amides is 3. The van der Waals surface area contributed by atoms with Crippen LogP contribution in [0.25, 0.3) is 0 Å². The van der Waals surface area contributed by atoms with Gasteiger partial charge in [-0.1, -0.05) is 17.7 Å². The zero-order valence-corrected chi connectivity index (χ0v) is 14.4. The summed E-state index contributed by atoms with van der Waals surface area (Å²) in [5.41, 5.74) is 1.61. The number of nitrogens with one attached hydrogen (secondary N) is 3. The van der Waals surface area contributed by atoms with E-state index in [0.717, 1.165) is 5.56 Å². The van der Waals surface area contributed by atoms with E-state index in [9.17, 15) is 19.2 Å². The van der Waals surface area contributed by atoms with Crippen molar-refractivity contribution < 1.29 is 29.4 Å². The second kappa shape index (κ2) is 10.7. The lowest BCUT2D eigenvalue weighted by molar-refractivity contribution is -0.139. The van der Waals surface area contributed by atoms with Crippen LogP contribution in [-0.2, 0) is 9.59 Å². The Kier molecular flexibility index (Phi) is 8.62. The molecule has 0 spiro atoms. The third kappa shape index (κ3) is 8.13. The molecule has 0 fully saturated rings. The van der Waals surface area contributed by atoms with Crippen LogP contribution in [0.2, 0.25) is 0 Å². The predicted octanol–water partition coefficient (Wildman–Crippen LogP) is 0.732. The van der Waals surface area contributed by atoms with Gasteiger partial charge in [0.25, 0.3) is 5.91 Å². The van der Waals surface area contributed by atoms with E-state index < -0.39 is 30.6 Å². The lowest BCUT2D eigenvalue weighted by Gasteiger charge is -2.14. The Bertz CT molecular complexity index is 644. The molecule has 1 unspecified atom stereocenters. The largest absolute Gasteiger partial charge is 0.480 e. The summed E-state index contributed by atoms with van der Waals surface area (Å²) in [6, 6.07) is 5.15. The summed E-state index contributed by atoms with van der Waals surface area (Å²) in [4.78, 5) is 44.8. The SMILES string of the molecule is Cc1ccc(C(=O)NCCCCC(NC(=O)NCC(=O)O)C(=O)O)cc1. The molecule has 0 heterocycles. The normalized spacial score (nSPS) is 11.3. The van der Waals surface area contributed by atoms with Crippen LogP contribution in [0.1, 0.15) is 35.2 Å². The lowest BCUT2D eigenvalue weighted by atomic mass is 10.1. The monoisotopic (exact) mass is 365 g/mol. The van der Waals surface area contributed by atoms with Gasteiger partial charge in [0.15, 0.2) is 0 Å². The molecule has 0 aliphatic heterocycles. The van der Waals surface area contributed by atoms with Crippen molar-refractivity contribution in [1.82, 2.24) is 16.0 Å². The number of aliphatic carboxylic acids is 2. The highest BCUT2D eigenvalue weighted by Crippen LogP contribution is 2.04. The first-order valence-corrected chi connectivity index (χ1v) is 8.13. The van der Waals surface area contributed by atoms with Crippen LogP contribution in [0.15, 0.2) is 24.3 Å². The number of hydrogen-bond acceptors (Lipinski definition) is 4. The topological polar surface area (TPSA) is 145 Å². The fourth-order valence-corrected chi connectivity index (χ4v) is 2.10. The molecule has 0 saturated heterocycles. The van der Waals surface area contributed by atoms with Crippen molar-refractivity contribution in [2.45, 2.75) is 32.2 Å². The van der Waals surface area contributed by atoms with Gasteiger partial charge in [0, 0.05) is 12.1 Å². The maximum atomic E-state index is 11.9. The second-order valence-corrected chi connectivity index (χ2v) is 5.73. The van der Waals surface area contributed by atoms with Crippen LogP contribution in [0, 0.1) is 6.92 Å². The molecule has 0 saturated carbocycles. The van der Waals surface area contributed by atoms with Crippen LogP contribution < -0.4 is 16.0 Å². The van der Waals surface area contributed by atoms with Crippen molar-refractivity contribution in [3.8, 4) is 0 Å². The zero-order chi connectivity index (χ0) is 19.5. The van der Waals surface area contributed by atoms with Gasteiger partial charge in [-0.2, -0.15) is 0 Å². The molecule has 1 aromatic carbocycles. The summed E-state index contributed by atoms with van der Waals surface area (Å²) in [7, 11) is 0. The third-order valence-corrected chi connectivity index (χ3v) is 3.52. The summed E-state index contributed by atoms with van der Waals surface area (Å²) in [6.45, 7) is 1.71. The van der Waals surface area contributed by atoms with Gasteiger partial charge >= 0.3 is 18.0 Å². The summed E-state index contributed by atoms with van der Waals surface area (Å²) >= 11 is 0. The van der Waals surface area contributed by atoms with Crippen molar-refractivity contribution >= 4 is 23.9 Å². The van der Waals surface area contributed by atoms with Gasteiger partial charge < -0.3 is 26.2 Å². The fourth-order valence-electron chi connectivity index (χ4n) is 2.10. The molecule has 0 aliphatic rings. The number of carboxylic acids is 2. The molecule has 142 valence electrons. The lowest BCUT2D eigenvalue weighted by Crippen LogP contribution is -2.47. The van der Waals surface area contributed by atoms with E-state index in [4.69, 9.17) is 10.2 Å². The average Bonchev–Trinajstić information content (AvgIpc) is 2.58. The number of hydrogen-bond donors (Lipinski definition) is 5. The molecule has 5 N–H and O–H groups in total. The number of unbranched alkanes of at least 4 members (excludes halogenated alkanes) is 1. The molecule has 9 heteroatoms. The van der Waals surface area contributed by atoms with E-state index in [1.165, 1.54) is 0 Å². The first kappa shape index (κ1) is 20.9. The fraction of sp³-hybridized carbons (Fsp3) is 0.412. The van der Waals surface area contributed by atoms with E-state index >= 15 is 0 Å². The maximum absolute atomic E-state index is 11.9. The Balaban J connectivity index is 2.29. The maximum Gasteiger partial charge on any atom is 0.326 e. The number of aryl methyl sites for hydroxylation is 1. The van der Waals surface area contributed by atoms with E-state index in [1.54, 1.807) is 12.1 Å². The first-order valence-electron chi connectivity index (χ1n) is 8.13. The molecule has 1 aromatic rings. The molecule has 26 heavy (non-hydrogen) atoms. The molecule has 3 amide bonds. The number of carbonyl (C=O) groups is 4. The van der Waals surface area contributed by atoms with Crippen LogP contribution in [0.5, 0.6) is 0 Å². The Hall–Kier alpha value is -3.10. The van der Waals surface area contributed by atoms with Crippen LogP contribution in [0.4, 0.5) is 4.79 Å². The zero-order valence-electron chi connectivity index (χ0n) is 14.4. The highest BCUT2D eigenvalue weighted by molar-refractivity contribution is 5.94. The van der Waals surface area contributed by atoms with Gasteiger partial charge in [-0.25, -0.2) is 9.59 Å².